The standard InChI is InChI=1S/C23H21N3O2S/c1-25(2)21-15-9-6-10-17(21)16-29(28)23-24-20-14-8-7-13-19(20)22(27)26(23)18-11-4-3-5-12-18/h3-15H,16H2,1-2H3. The van der Waals surface area contributed by atoms with E-state index in [0.717, 1.165) is 11.3 Å². The van der Waals surface area contributed by atoms with Crippen molar-refractivity contribution in [3.05, 3.63) is 94.8 Å². The Bertz CT molecular complexity index is 1250. The van der Waals surface area contributed by atoms with Gasteiger partial charge in [-0.15, -0.1) is 0 Å². The fourth-order valence-corrected chi connectivity index (χ4v) is 4.59. The molecule has 0 aliphatic heterocycles. The first-order valence-corrected chi connectivity index (χ1v) is 10.6. The third kappa shape index (κ3) is 3.71. The quantitative estimate of drug-likeness (QED) is 0.476. The molecule has 146 valence electrons. The van der Waals surface area contributed by atoms with Crippen LogP contribution in [-0.2, 0) is 16.6 Å². The third-order valence-corrected chi connectivity index (χ3v) is 5.98. The molecule has 0 radical (unpaired) electrons. The number of aromatic nitrogens is 2. The summed E-state index contributed by atoms with van der Waals surface area (Å²) in [4.78, 5) is 19.9. The van der Waals surface area contributed by atoms with Crippen molar-refractivity contribution in [2.45, 2.75) is 10.9 Å². The van der Waals surface area contributed by atoms with Crippen LogP contribution >= 0.6 is 0 Å². The Balaban J connectivity index is 1.89. The molecule has 29 heavy (non-hydrogen) atoms. The lowest BCUT2D eigenvalue weighted by Crippen LogP contribution is -2.25. The highest BCUT2D eigenvalue weighted by atomic mass is 32.2. The van der Waals surface area contributed by atoms with Crippen molar-refractivity contribution in [3.63, 3.8) is 0 Å². The second-order valence-corrected chi connectivity index (χ2v) is 8.25. The van der Waals surface area contributed by atoms with Crippen LogP contribution < -0.4 is 10.5 Å². The van der Waals surface area contributed by atoms with Crippen molar-refractivity contribution < 1.29 is 4.21 Å². The zero-order valence-corrected chi connectivity index (χ0v) is 17.1. The molecular formula is C23H21N3O2S. The van der Waals surface area contributed by atoms with E-state index in [1.807, 2.05) is 85.7 Å². The molecule has 0 saturated carbocycles. The summed E-state index contributed by atoms with van der Waals surface area (Å²) in [5.41, 5.74) is 2.92. The van der Waals surface area contributed by atoms with Crippen LogP contribution in [0.1, 0.15) is 5.56 Å². The molecule has 3 aromatic carbocycles. The molecule has 0 aliphatic rings. The van der Waals surface area contributed by atoms with Crippen molar-refractivity contribution in [2.24, 2.45) is 0 Å². The monoisotopic (exact) mass is 403 g/mol. The smallest absolute Gasteiger partial charge is 0.266 e. The highest BCUT2D eigenvalue weighted by molar-refractivity contribution is 7.84. The number of para-hydroxylation sites is 3. The Hall–Kier alpha value is -3.25. The first-order chi connectivity index (χ1) is 14.1. The topological polar surface area (TPSA) is 55.2 Å². The molecule has 0 aliphatic carbocycles. The Morgan fingerprint density at radius 1 is 0.897 bits per heavy atom. The van der Waals surface area contributed by atoms with Crippen LogP contribution in [0.15, 0.2) is 88.8 Å². The van der Waals surface area contributed by atoms with Crippen LogP contribution in [0, 0.1) is 0 Å². The van der Waals surface area contributed by atoms with Crippen molar-refractivity contribution >= 4 is 27.4 Å². The van der Waals surface area contributed by atoms with Gasteiger partial charge in [0.25, 0.3) is 5.56 Å². The number of fused-ring (bicyclic) bond motifs is 1. The van der Waals surface area contributed by atoms with Gasteiger partial charge in [0.2, 0.25) is 5.16 Å². The minimum absolute atomic E-state index is 0.217. The van der Waals surface area contributed by atoms with Gasteiger partial charge >= 0.3 is 0 Å². The molecule has 6 heteroatoms. The van der Waals surface area contributed by atoms with Crippen molar-refractivity contribution in [2.75, 3.05) is 19.0 Å². The van der Waals surface area contributed by atoms with Crippen LogP contribution in [0.4, 0.5) is 5.69 Å². The van der Waals surface area contributed by atoms with Crippen molar-refractivity contribution in [3.8, 4) is 5.69 Å². The van der Waals surface area contributed by atoms with Gasteiger partial charge in [-0.1, -0.05) is 48.5 Å². The normalized spacial score (nSPS) is 12.1. The average molecular weight is 404 g/mol. The molecule has 1 unspecified atom stereocenters. The van der Waals surface area contributed by atoms with E-state index >= 15 is 0 Å². The summed E-state index contributed by atoms with van der Waals surface area (Å²) in [6.45, 7) is 0. The van der Waals surface area contributed by atoms with E-state index in [9.17, 15) is 9.00 Å². The number of rotatable bonds is 5. The minimum atomic E-state index is -1.51. The van der Waals surface area contributed by atoms with Gasteiger partial charge in [0.05, 0.1) is 33.1 Å². The van der Waals surface area contributed by atoms with Gasteiger partial charge in [0, 0.05) is 19.8 Å². The predicted octanol–water partition coefficient (Wildman–Crippen LogP) is 3.76. The lowest BCUT2D eigenvalue weighted by atomic mass is 10.2. The molecule has 1 heterocycles. The fraction of sp³-hybridized carbons (Fsp3) is 0.130. The summed E-state index contributed by atoms with van der Waals surface area (Å²) in [7, 11) is 2.39. The number of hydrogen-bond donors (Lipinski definition) is 0. The summed E-state index contributed by atoms with van der Waals surface area (Å²) < 4.78 is 14.9. The maximum Gasteiger partial charge on any atom is 0.266 e. The molecule has 0 amide bonds. The molecule has 5 nitrogen and oxygen atoms in total. The predicted molar refractivity (Wildman–Crippen MR) is 118 cm³/mol. The zero-order valence-electron chi connectivity index (χ0n) is 16.3. The number of anilines is 1. The molecular weight excluding hydrogens is 382 g/mol. The Kier molecular flexibility index (Phi) is 5.27. The largest absolute Gasteiger partial charge is 0.377 e. The van der Waals surface area contributed by atoms with Gasteiger partial charge in [-0.05, 0) is 35.9 Å². The molecule has 0 saturated heterocycles. The zero-order chi connectivity index (χ0) is 20.4. The number of hydrogen-bond acceptors (Lipinski definition) is 4. The maximum atomic E-state index is 13.4. The van der Waals surface area contributed by atoms with E-state index < -0.39 is 10.8 Å². The maximum absolute atomic E-state index is 13.4. The highest BCUT2D eigenvalue weighted by Crippen LogP contribution is 2.23. The molecule has 1 aromatic heterocycles. The SMILES string of the molecule is CN(C)c1ccccc1CS(=O)c1nc2ccccc2c(=O)n1-c1ccccc1. The average Bonchev–Trinajstić information content (AvgIpc) is 2.74. The van der Waals surface area contributed by atoms with Crippen molar-refractivity contribution in [1.29, 1.82) is 0 Å². The molecule has 4 rings (SSSR count). The Morgan fingerprint density at radius 2 is 1.55 bits per heavy atom. The fourth-order valence-electron chi connectivity index (χ4n) is 3.34. The highest BCUT2D eigenvalue weighted by Gasteiger charge is 2.19. The van der Waals surface area contributed by atoms with Crippen molar-refractivity contribution in [1.82, 2.24) is 9.55 Å². The second-order valence-electron chi connectivity index (χ2n) is 6.90. The molecule has 0 N–H and O–H groups in total. The molecule has 4 aromatic rings. The Labute approximate surface area is 171 Å². The molecule has 1 atom stereocenters. The van der Waals surface area contributed by atoms with E-state index in [4.69, 9.17) is 0 Å². The van der Waals surface area contributed by atoms with Crippen LogP contribution in [0.3, 0.4) is 0 Å². The summed E-state index contributed by atoms with van der Waals surface area (Å²) in [6, 6.07) is 24.2. The van der Waals surface area contributed by atoms with Crippen LogP contribution in [-0.4, -0.2) is 27.9 Å². The lowest BCUT2D eigenvalue weighted by Gasteiger charge is -2.18. The first kappa shape index (κ1) is 19.1. The van der Waals surface area contributed by atoms with E-state index in [2.05, 4.69) is 4.98 Å². The van der Waals surface area contributed by atoms with Gasteiger partial charge in [-0.2, -0.15) is 0 Å². The lowest BCUT2D eigenvalue weighted by molar-refractivity contribution is 0.667. The summed E-state index contributed by atoms with van der Waals surface area (Å²) in [5.74, 6) is 0.270. The number of benzene rings is 3. The molecule has 0 bridgehead atoms. The van der Waals surface area contributed by atoms with Gasteiger partial charge in [-0.25, -0.2) is 4.98 Å². The van der Waals surface area contributed by atoms with Gasteiger partial charge in [-0.3, -0.25) is 13.6 Å². The summed E-state index contributed by atoms with van der Waals surface area (Å²) >= 11 is 0. The molecule has 0 spiro atoms. The van der Waals surface area contributed by atoms with E-state index in [1.54, 1.807) is 12.1 Å². The Morgan fingerprint density at radius 3 is 2.31 bits per heavy atom. The van der Waals surface area contributed by atoms with Crippen LogP contribution in [0.2, 0.25) is 0 Å². The minimum Gasteiger partial charge on any atom is -0.377 e. The third-order valence-electron chi connectivity index (χ3n) is 4.72. The summed E-state index contributed by atoms with van der Waals surface area (Å²) in [6.07, 6.45) is 0. The second kappa shape index (κ2) is 8.01. The van der Waals surface area contributed by atoms with Crippen LogP contribution in [0.5, 0.6) is 0 Å². The molecule has 0 fully saturated rings. The van der Waals surface area contributed by atoms with E-state index in [1.165, 1.54) is 4.57 Å². The van der Waals surface area contributed by atoms with Crippen LogP contribution in [0.25, 0.3) is 16.6 Å². The number of nitrogens with zero attached hydrogens (tertiary/aromatic N) is 3. The first-order valence-electron chi connectivity index (χ1n) is 9.27. The van der Waals surface area contributed by atoms with E-state index in [0.29, 0.717) is 16.6 Å². The summed E-state index contributed by atoms with van der Waals surface area (Å²) in [5, 5.41) is 0.763. The van der Waals surface area contributed by atoms with Gasteiger partial charge in [0.15, 0.2) is 0 Å². The van der Waals surface area contributed by atoms with Gasteiger partial charge in [0.1, 0.15) is 0 Å². The van der Waals surface area contributed by atoms with Gasteiger partial charge < -0.3 is 4.90 Å². The van der Waals surface area contributed by atoms with E-state index in [-0.39, 0.29) is 16.5 Å².